The van der Waals surface area contributed by atoms with Crippen LogP contribution in [-0.4, -0.2) is 53.4 Å². The molecule has 1 N–H and O–H groups in total. The van der Waals surface area contributed by atoms with Crippen LogP contribution >= 0.6 is 0 Å². The van der Waals surface area contributed by atoms with Crippen LogP contribution in [0.25, 0.3) is 0 Å². The lowest BCUT2D eigenvalue weighted by Gasteiger charge is -2.23. The van der Waals surface area contributed by atoms with Crippen molar-refractivity contribution in [2.45, 2.75) is 26.4 Å². The van der Waals surface area contributed by atoms with Crippen molar-refractivity contribution in [1.82, 2.24) is 25.0 Å². The molecule has 0 unspecified atom stereocenters. The second kappa shape index (κ2) is 8.90. The largest absolute Gasteiger partial charge is 0.496 e. The van der Waals surface area contributed by atoms with Gasteiger partial charge < -0.3 is 19.5 Å². The number of para-hydroxylation sites is 1. The van der Waals surface area contributed by atoms with Crippen LogP contribution in [0.15, 0.2) is 35.6 Å². The van der Waals surface area contributed by atoms with Gasteiger partial charge in [0.2, 0.25) is 0 Å². The first-order valence-corrected chi connectivity index (χ1v) is 8.10. The summed E-state index contributed by atoms with van der Waals surface area (Å²) in [5.74, 6) is 2.72. The van der Waals surface area contributed by atoms with E-state index in [-0.39, 0.29) is 0 Å². The van der Waals surface area contributed by atoms with Gasteiger partial charge in [0.25, 0.3) is 0 Å². The summed E-state index contributed by atoms with van der Waals surface area (Å²) in [7, 11) is 5.49. The van der Waals surface area contributed by atoms with Gasteiger partial charge in [-0.1, -0.05) is 25.1 Å². The number of nitrogens with one attached hydrogen (secondary N) is 1. The van der Waals surface area contributed by atoms with Crippen LogP contribution in [0.4, 0.5) is 0 Å². The van der Waals surface area contributed by atoms with Crippen LogP contribution in [0.5, 0.6) is 5.75 Å². The van der Waals surface area contributed by atoms with Crippen molar-refractivity contribution in [2.75, 3.05) is 27.7 Å². The molecule has 1 aromatic heterocycles. The minimum atomic E-state index is 0.719. The number of hydrogen-bond donors (Lipinski definition) is 1. The maximum absolute atomic E-state index is 5.41. The maximum Gasteiger partial charge on any atom is 0.193 e. The van der Waals surface area contributed by atoms with Crippen molar-refractivity contribution in [3.05, 3.63) is 42.0 Å². The Kier molecular flexibility index (Phi) is 6.60. The smallest absolute Gasteiger partial charge is 0.193 e. The maximum atomic E-state index is 5.41. The minimum absolute atomic E-state index is 0.719. The van der Waals surface area contributed by atoms with Crippen molar-refractivity contribution in [3.63, 3.8) is 0 Å². The number of hydrogen-bond acceptors (Lipinski definition) is 4. The van der Waals surface area contributed by atoms with Gasteiger partial charge in [0.15, 0.2) is 5.96 Å². The molecule has 0 saturated heterocycles. The first kappa shape index (κ1) is 17.8. The molecular formula is C17H26N6O. The summed E-state index contributed by atoms with van der Waals surface area (Å²) in [5, 5.41) is 11.4. The summed E-state index contributed by atoms with van der Waals surface area (Å²) in [6, 6.07) is 8.02. The Labute approximate surface area is 143 Å². The SMILES string of the molecule is CCc1nncn1CCNC(=NC)N(C)Cc1ccccc1OC. The number of aromatic nitrogens is 3. The summed E-state index contributed by atoms with van der Waals surface area (Å²) in [5.41, 5.74) is 1.12. The molecule has 7 nitrogen and oxygen atoms in total. The summed E-state index contributed by atoms with van der Waals surface area (Å²) >= 11 is 0. The second-order valence-electron chi connectivity index (χ2n) is 5.44. The zero-order chi connectivity index (χ0) is 17.4. The van der Waals surface area contributed by atoms with Crippen LogP contribution in [0.1, 0.15) is 18.3 Å². The summed E-state index contributed by atoms with van der Waals surface area (Å²) in [4.78, 5) is 6.43. The molecule has 0 saturated carbocycles. The fourth-order valence-electron chi connectivity index (χ4n) is 2.58. The lowest BCUT2D eigenvalue weighted by molar-refractivity contribution is 0.395. The monoisotopic (exact) mass is 330 g/mol. The van der Waals surface area contributed by atoms with E-state index in [1.165, 1.54) is 0 Å². The molecular weight excluding hydrogens is 304 g/mol. The van der Waals surface area contributed by atoms with Crippen molar-refractivity contribution >= 4 is 5.96 Å². The normalized spacial score (nSPS) is 11.4. The van der Waals surface area contributed by atoms with E-state index >= 15 is 0 Å². The fourth-order valence-corrected chi connectivity index (χ4v) is 2.58. The summed E-state index contributed by atoms with van der Waals surface area (Å²) < 4.78 is 7.47. The molecule has 1 heterocycles. The number of benzene rings is 1. The molecule has 0 radical (unpaired) electrons. The molecule has 2 aromatic rings. The van der Waals surface area contributed by atoms with Gasteiger partial charge in [0.05, 0.1) is 7.11 Å². The van der Waals surface area contributed by atoms with Gasteiger partial charge in [0, 0.05) is 45.7 Å². The van der Waals surface area contributed by atoms with Gasteiger partial charge in [-0.2, -0.15) is 0 Å². The number of methoxy groups -OCH3 is 1. The highest BCUT2D eigenvalue weighted by Gasteiger charge is 2.10. The highest BCUT2D eigenvalue weighted by atomic mass is 16.5. The summed E-state index contributed by atoms with van der Waals surface area (Å²) in [6.07, 6.45) is 2.64. The minimum Gasteiger partial charge on any atom is -0.496 e. The third-order valence-corrected chi connectivity index (χ3v) is 3.82. The first-order chi connectivity index (χ1) is 11.7. The van der Waals surface area contributed by atoms with Gasteiger partial charge >= 0.3 is 0 Å². The zero-order valence-electron chi connectivity index (χ0n) is 14.9. The Morgan fingerprint density at radius 3 is 2.88 bits per heavy atom. The molecule has 0 aliphatic carbocycles. The average molecular weight is 330 g/mol. The topological polar surface area (TPSA) is 67.6 Å². The second-order valence-corrected chi connectivity index (χ2v) is 5.44. The van der Waals surface area contributed by atoms with E-state index < -0.39 is 0 Å². The van der Waals surface area contributed by atoms with Crippen LogP contribution in [0.2, 0.25) is 0 Å². The number of ether oxygens (including phenoxy) is 1. The molecule has 24 heavy (non-hydrogen) atoms. The number of rotatable bonds is 7. The molecule has 0 aliphatic heterocycles. The molecule has 2 rings (SSSR count). The van der Waals surface area contributed by atoms with Crippen LogP contribution in [0, 0.1) is 0 Å². The number of guanidine groups is 1. The molecule has 1 aromatic carbocycles. The molecule has 0 spiro atoms. The Hall–Kier alpha value is -2.57. The van der Waals surface area contributed by atoms with Crippen LogP contribution in [0.3, 0.4) is 0 Å². The average Bonchev–Trinajstić information content (AvgIpc) is 3.06. The Morgan fingerprint density at radius 2 is 2.17 bits per heavy atom. The Morgan fingerprint density at radius 1 is 1.38 bits per heavy atom. The molecule has 0 aliphatic rings. The highest BCUT2D eigenvalue weighted by Crippen LogP contribution is 2.18. The zero-order valence-corrected chi connectivity index (χ0v) is 14.9. The molecule has 130 valence electrons. The third kappa shape index (κ3) is 4.47. The molecule has 7 heteroatoms. The number of nitrogens with zero attached hydrogens (tertiary/aromatic N) is 5. The Bertz CT molecular complexity index is 667. The van der Waals surface area contributed by atoms with E-state index in [4.69, 9.17) is 4.74 Å². The van der Waals surface area contributed by atoms with Gasteiger partial charge in [-0.3, -0.25) is 4.99 Å². The van der Waals surface area contributed by atoms with Crippen molar-refractivity contribution < 1.29 is 4.74 Å². The molecule has 0 bridgehead atoms. The highest BCUT2D eigenvalue weighted by molar-refractivity contribution is 5.79. The number of aliphatic imine (C=N–C) groups is 1. The summed E-state index contributed by atoms with van der Waals surface area (Å²) in [6.45, 7) is 4.36. The van der Waals surface area contributed by atoms with Crippen molar-refractivity contribution in [1.29, 1.82) is 0 Å². The predicted octanol–water partition coefficient (Wildman–Crippen LogP) is 1.56. The number of aryl methyl sites for hydroxylation is 1. The van der Waals surface area contributed by atoms with E-state index in [1.54, 1.807) is 20.5 Å². The van der Waals surface area contributed by atoms with E-state index in [1.807, 2.05) is 25.2 Å². The quantitative estimate of drug-likeness (QED) is 0.616. The van der Waals surface area contributed by atoms with Gasteiger partial charge in [-0.25, -0.2) is 0 Å². The van der Waals surface area contributed by atoms with E-state index in [2.05, 4.69) is 43.0 Å². The third-order valence-electron chi connectivity index (χ3n) is 3.82. The van der Waals surface area contributed by atoms with Crippen molar-refractivity contribution in [2.24, 2.45) is 4.99 Å². The fraction of sp³-hybridized carbons (Fsp3) is 0.471. The lowest BCUT2D eigenvalue weighted by atomic mass is 10.2. The van der Waals surface area contributed by atoms with E-state index in [0.29, 0.717) is 0 Å². The first-order valence-electron chi connectivity index (χ1n) is 8.10. The van der Waals surface area contributed by atoms with Crippen LogP contribution in [-0.2, 0) is 19.5 Å². The predicted molar refractivity (Wildman–Crippen MR) is 95.2 cm³/mol. The van der Waals surface area contributed by atoms with Crippen molar-refractivity contribution in [3.8, 4) is 5.75 Å². The molecule has 0 atom stereocenters. The van der Waals surface area contributed by atoms with Gasteiger partial charge in [-0.15, -0.1) is 10.2 Å². The Balaban J connectivity index is 1.91. The molecule has 0 fully saturated rings. The standard InChI is InChI=1S/C17H26N6O/c1-5-16-21-20-13-23(16)11-10-19-17(18-2)22(3)12-14-8-6-7-9-15(14)24-4/h6-9,13H,5,10-12H2,1-4H3,(H,18,19). The van der Waals surface area contributed by atoms with Crippen LogP contribution < -0.4 is 10.1 Å². The molecule has 0 amide bonds. The van der Waals surface area contributed by atoms with E-state index in [0.717, 1.165) is 49.2 Å². The van der Waals surface area contributed by atoms with Gasteiger partial charge in [0.1, 0.15) is 17.9 Å². The lowest BCUT2D eigenvalue weighted by Crippen LogP contribution is -2.40. The van der Waals surface area contributed by atoms with Gasteiger partial charge in [-0.05, 0) is 6.07 Å². The van der Waals surface area contributed by atoms with E-state index in [9.17, 15) is 0 Å².